The minimum Gasteiger partial charge on any atom is -0.462 e. The summed E-state index contributed by atoms with van der Waals surface area (Å²) in [7, 11) is -5.37. The summed E-state index contributed by atoms with van der Waals surface area (Å²) in [5, 5.41) is 83.1. The molecule has 9 N–H and O–H groups in total. The summed E-state index contributed by atoms with van der Waals surface area (Å²) in [6.45, 7) is 2.24. The summed E-state index contributed by atoms with van der Waals surface area (Å²) in [6.07, 6.45) is 14.2. The SMILES string of the molecule is CCCCCC/C=C\CCCCCCCCCC(=O)OC(COC(=O)CCCCCCCCCCCCCCCCCC)COP(=O)(O)OC1C(O)C(O)C(O)C(O)C1OC1OC(CO)C(O)C(O)C1O. The van der Waals surface area contributed by atoms with Crippen molar-refractivity contribution in [1.82, 2.24) is 0 Å². The highest BCUT2D eigenvalue weighted by Gasteiger charge is 2.55. The van der Waals surface area contributed by atoms with E-state index in [1.807, 2.05) is 0 Å². The number of carbonyl (C=O) groups excluding carboxylic acids is 2. The Labute approximate surface area is 424 Å². The summed E-state index contributed by atoms with van der Waals surface area (Å²) >= 11 is 0. The van der Waals surface area contributed by atoms with E-state index in [-0.39, 0.29) is 12.8 Å². The molecule has 0 aromatic carbocycles. The first-order chi connectivity index (χ1) is 34.2. The fourth-order valence-electron chi connectivity index (χ4n) is 8.93. The number of hydrogen-bond donors (Lipinski definition) is 9. The van der Waals surface area contributed by atoms with E-state index in [4.69, 9.17) is 28.0 Å². The van der Waals surface area contributed by atoms with Crippen molar-refractivity contribution in [2.45, 2.75) is 286 Å². The maximum Gasteiger partial charge on any atom is 0.472 e. The molecule has 0 aromatic rings. The number of phosphoric acid groups is 1. The molecule has 1 heterocycles. The van der Waals surface area contributed by atoms with E-state index in [2.05, 4.69) is 26.0 Å². The highest BCUT2D eigenvalue weighted by molar-refractivity contribution is 7.47. The van der Waals surface area contributed by atoms with Gasteiger partial charge in [-0.15, -0.1) is 0 Å². The normalized spacial score (nSPS) is 27.2. The number of unbranched alkanes of at least 4 members (excludes halogenated alkanes) is 26. The zero-order chi connectivity index (χ0) is 52.3. The summed E-state index contributed by atoms with van der Waals surface area (Å²) in [6, 6.07) is 0. The van der Waals surface area contributed by atoms with Gasteiger partial charge in [0.1, 0.15) is 67.6 Å². The van der Waals surface area contributed by atoms with Gasteiger partial charge in [-0.2, -0.15) is 0 Å². The molecule has 71 heavy (non-hydrogen) atoms. The largest absolute Gasteiger partial charge is 0.472 e. The number of phosphoric ester groups is 1. The molecular weight excluding hydrogens is 944 g/mol. The third-order valence-corrected chi connectivity index (χ3v) is 14.5. The number of aliphatic hydroxyl groups excluding tert-OH is 8. The van der Waals surface area contributed by atoms with Crippen LogP contribution in [0, 0.1) is 0 Å². The van der Waals surface area contributed by atoms with Crippen LogP contribution in [0.2, 0.25) is 0 Å². The molecule has 0 spiro atoms. The molecule has 13 unspecified atom stereocenters. The molecular formula is C52H97O18P. The van der Waals surface area contributed by atoms with Crippen molar-refractivity contribution in [1.29, 1.82) is 0 Å². The number of ether oxygens (including phenoxy) is 4. The molecule has 0 amide bonds. The van der Waals surface area contributed by atoms with Crippen molar-refractivity contribution < 1.29 is 87.9 Å². The Morgan fingerprint density at radius 2 is 0.930 bits per heavy atom. The molecule has 2 rings (SSSR count). The Morgan fingerprint density at radius 3 is 1.41 bits per heavy atom. The van der Waals surface area contributed by atoms with Crippen LogP contribution >= 0.6 is 7.82 Å². The van der Waals surface area contributed by atoms with Crippen molar-refractivity contribution in [3.63, 3.8) is 0 Å². The molecule has 0 aromatic heterocycles. The molecule has 18 nitrogen and oxygen atoms in total. The molecule has 13 atom stereocenters. The number of hydrogen-bond acceptors (Lipinski definition) is 17. The Bertz CT molecular complexity index is 1420. The molecule has 2 aliphatic rings. The van der Waals surface area contributed by atoms with E-state index < -0.39 is 113 Å². The lowest BCUT2D eigenvalue weighted by atomic mass is 9.84. The van der Waals surface area contributed by atoms with Crippen LogP contribution < -0.4 is 0 Å². The van der Waals surface area contributed by atoms with Gasteiger partial charge in [-0.05, 0) is 38.5 Å². The predicted molar refractivity (Wildman–Crippen MR) is 268 cm³/mol. The third-order valence-electron chi connectivity index (χ3n) is 13.5. The number of rotatable bonds is 43. The van der Waals surface area contributed by atoms with Gasteiger partial charge in [-0.1, -0.05) is 174 Å². The van der Waals surface area contributed by atoms with Crippen molar-refractivity contribution in [3.05, 3.63) is 12.2 Å². The van der Waals surface area contributed by atoms with Gasteiger partial charge in [0, 0.05) is 12.8 Å². The lowest BCUT2D eigenvalue weighted by Gasteiger charge is -2.47. The van der Waals surface area contributed by atoms with Gasteiger partial charge in [0.05, 0.1) is 13.2 Å². The van der Waals surface area contributed by atoms with Crippen LogP contribution in [0.3, 0.4) is 0 Å². The second kappa shape index (κ2) is 39.8. The maximum absolute atomic E-state index is 13.4. The van der Waals surface area contributed by atoms with E-state index in [1.165, 1.54) is 96.3 Å². The summed E-state index contributed by atoms with van der Waals surface area (Å²) in [4.78, 5) is 36.6. The van der Waals surface area contributed by atoms with Gasteiger partial charge in [-0.25, -0.2) is 4.57 Å². The third kappa shape index (κ3) is 28.2. The fraction of sp³-hybridized carbons (Fsp3) is 0.923. The van der Waals surface area contributed by atoms with Gasteiger partial charge >= 0.3 is 19.8 Å². The number of allylic oxidation sites excluding steroid dienone is 2. The molecule has 418 valence electrons. The number of esters is 2. The van der Waals surface area contributed by atoms with Crippen LogP contribution in [-0.2, 0) is 42.1 Å². The zero-order valence-corrected chi connectivity index (χ0v) is 44.2. The highest BCUT2D eigenvalue weighted by Crippen LogP contribution is 2.48. The first-order valence-corrected chi connectivity index (χ1v) is 29.0. The van der Waals surface area contributed by atoms with E-state index in [1.54, 1.807) is 0 Å². The van der Waals surface area contributed by atoms with Crippen molar-refractivity contribution >= 4 is 19.8 Å². The van der Waals surface area contributed by atoms with Crippen LogP contribution in [0.4, 0.5) is 0 Å². The maximum atomic E-state index is 13.4. The first-order valence-electron chi connectivity index (χ1n) is 27.5. The van der Waals surface area contributed by atoms with E-state index in [0.29, 0.717) is 12.8 Å². The summed E-state index contributed by atoms with van der Waals surface area (Å²) in [5.74, 6) is -1.21. The monoisotopic (exact) mass is 1040 g/mol. The van der Waals surface area contributed by atoms with Crippen molar-refractivity contribution in [3.8, 4) is 0 Å². The Kier molecular flexibility index (Phi) is 36.7. The fourth-order valence-corrected chi connectivity index (χ4v) is 9.90. The van der Waals surface area contributed by atoms with Gasteiger partial charge in [0.2, 0.25) is 0 Å². The molecule has 2 fully saturated rings. The molecule has 0 bridgehead atoms. The molecule has 1 saturated heterocycles. The molecule has 0 radical (unpaired) electrons. The van der Waals surface area contributed by atoms with Crippen molar-refractivity contribution in [2.75, 3.05) is 19.8 Å². The standard InChI is InChI=1S/C52H97O18P/c1-3-5-7-9-11-13-15-17-19-21-22-24-26-28-30-32-34-41(54)65-37-39(67-42(55)35-33-31-29-27-25-23-20-18-16-14-12-10-8-6-4-2)38-66-71(63,64)70-51-48(61)46(59)45(58)47(60)50(51)69-52-49(62)44(57)43(56)40(36-53)68-52/h14,16,39-40,43-53,56-62H,3-13,15,17-38H2,1-2H3,(H,63,64)/b16-14-. The number of aliphatic hydroxyl groups is 8. The van der Waals surface area contributed by atoms with Crippen LogP contribution in [0.25, 0.3) is 0 Å². The van der Waals surface area contributed by atoms with Gasteiger partial charge < -0.3 is 64.7 Å². The van der Waals surface area contributed by atoms with Crippen LogP contribution in [0.5, 0.6) is 0 Å². The lowest BCUT2D eigenvalue weighted by molar-refractivity contribution is -0.338. The predicted octanol–water partition coefficient (Wildman–Crippen LogP) is 7.28. The molecule has 1 saturated carbocycles. The minimum atomic E-state index is -5.37. The smallest absolute Gasteiger partial charge is 0.462 e. The average molecular weight is 1040 g/mol. The minimum absolute atomic E-state index is 0.0311. The van der Waals surface area contributed by atoms with Gasteiger partial charge in [0.15, 0.2) is 12.4 Å². The molecule has 1 aliphatic heterocycles. The second-order valence-corrected chi connectivity index (χ2v) is 21.2. The summed E-state index contributed by atoms with van der Waals surface area (Å²) in [5.41, 5.74) is 0. The Hall–Kier alpha value is -1.61. The lowest BCUT2D eigenvalue weighted by Crippen LogP contribution is -2.67. The van der Waals surface area contributed by atoms with E-state index >= 15 is 0 Å². The quantitative estimate of drug-likeness (QED) is 0.0126. The van der Waals surface area contributed by atoms with Crippen LogP contribution in [0.15, 0.2) is 12.2 Å². The Morgan fingerprint density at radius 1 is 0.521 bits per heavy atom. The second-order valence-electron chi connectivity index (χ2n) is 19.8. The first kappa shape index (κ1) is 65.5. The molecule has 19 heteroatoms. The zero-order valence-electron chi connectivity index (χ0n) is 43.3. The topological polar surface area (TPSA) is 289 Å². The number of carbonyl (C=O) groups is 2. The van der Waals surface area contributed by atoms with E-state index in [9.17, 15) is 59.9 Å². The van der Waals surface area contributed by atoms with E-state index in [0.717, 1.165) is 77.0 Å². The van der Waals surface area contributed by atoms with Gasteiger partial charge in [-0.3, -0.25) is 18.6 Å². The van der Waals surface area contributed by atoms with Crippen LogP contribution in [-0.4, -0.2) is 151 Å². The van der Waals surface area contributed by atoms with Crippen molar-refractivity contribution in [2.24, 2.45) is 0 Å². The van der Waals surface area contributed by atoms with Crippen LogP contribution in [0.1, 0.15) is 213 Å². The molecule has 1 aliphatic carbocycles. The van der Waals surface area contributed by atoms with Gasteiger partial charge in [0.25, 0.3) is 0 Å². The average Bonchev–Trinajstić information content (AvgIpc) is 3.35. The highest BCUT2D eigenvalue weighted by atomic mass is 31.2. The summed E-state index contributed by atoms with van der Waals surface area (Å²) < 4.78 is 45.6. The Balaban J connectivity index is 1.91.